The van der Waals surface area contributed by atoms with Crippen LogP contribution in [-0.2, 0) is 13.6 Å². The van der Waals surface area contributed by atoms with Crippen molar-refractivity contribution in [3.8, 4) is 0 Å². The molecule has 0 radical (unpaired) electrons. The van der Waals surface area contributed by atoms with Crippen molar-refractivity contribution in [1.29, 1.82) is 0 Å². The molecule has 0 amide bonds. The molecule has 0 aliphatic carbocycles. The maximum absolute atomic E-state index is 6.35. The lowest BCUT2D eigenvalue weighted by atomic mass is 10.3. The molecule has 0 aromatic carbocycles. The summed E-state index contributed by atoms with van der Waals surface area (Å²) in [6, 6.07) is 4.17. The Morgan fingerprint density at radius 1 is 1.44 bits per heavy atom. The van der Waals surface area contributed by atoms with Crippen LogP contribution in [0.1, 0.15) is 10.6 Å². The molecular formula is C12H12ClIN2S2. The molecule has 2 aromatic rings. The number of thiophene rings is 1. The largest absolute Gasteiger partial charge is 1.00 e. The van der Waals surface area contributed by atoms with Gasteiger partial charge in [0.2, 0.25) is 5.15 Å². The molecule has 0 unspecified atom stereocenters. The average molecular weight is 411 g/mol. The Hall–Kier alpha value is 0.0200. The minimum Gasteiger partial charge on any atom is -1.00 e. The summed E-state index contributed by atoms with van der Waals surface area (Å²) in [6.45, 7) is 1.05. The molecule has 0 fully saturated rings. The predicted molar refractivity (Wildman–Crippen MR) is 74.6 cm³/mol. The number of fused-ring (bicyclic) bond motifs is 1. The van der Waals surface area contributed by atoms with E-state index in [1.807, 2.05) is 18.8 Å². The van der Waals surface area contributed by atoms with Gasteiger partial charge < -0.3 is 24.0 Å². The number of nitrogens with zero attached hydrogens (tertiary/aromatic N) is 2. The van der Waals surface area contributed by atoms with Gasteiger partial charge in [-0.15, -0.1) is 11.3 Å². The number of thioether (sulfide) groups is 1. The van der Waals surface area contributed by atoms with E-state index in [4.69, 9.17) is 11.6 Å². The van der Waals surface area contributed by atoms with E-state index in [0.717, 1.165) is 23.1 Å². The number of halogens is 2. The quantitative estimate of drug-likeness (QED) is 0.511. The number of hydrogen-bond acceptors (Lipinski definition) is 2. The molecular weight excluding hydrogens is 399 g/mol. The van der Waals surface area contributed by atoms with Gasteiger partial charge >= 0.3 is 5.16 Å². The summed E-state index contributed by atoms with van der Waals surface area (Å²) in [4.78, 5) is 1.25. The van der Waals surface area contributed by atoms with Crippen LogP contribution in [-0.4, -0.2) is 10.3 Å². The van der Waals surface area contributed by atoms with E-state index in [1.165, 1.54) is 10.0 Å². The van der Waals surface area contributed by atoms with Crippen molar-refractivity contribution < 1.29 is 28.5 Å². The molecule has 18 heavy (non-hydrogen) atoms. The fraction of sp³-hybridized carbons (Fsp3) is 0.250. The molecule has 3 heterocycles. The Balaban J connectivity index is 0.00000120. The van der Waals surface area contributed by atoms with Gasteiger partial charge in [0.05, 0.1) is 7.05 Å². The van der Waals surface area contributed by atoms with Crippen LogP contribution in [0.3, 0.4) is 0 Å². The number of hydrogen-bond donors (Lipinski definition) is 0. The number of rotatable bonds is 2. The second-order valence-electron chi connectivity index (χ2n) is 3.87. The van der Waals surface area contributed by atoms with Crippen molar-refractivity contribution in [3.05, 3.63) is 33.2 Å². The van der Waals surface area contributed by atoms with Crippen LogP contribution >= 0.6 is 34.7 Å². The topological polar surface area (TPSA) is 8.81 Å². The molecule has 1 aliphatic heterocycles. The minimum atomic E-state index is 0. The lowest BCUT2D eigenvalue weighted by molar-refractivity contribution is -0.725. The Kier molecular flexibility index (Phi) is 4.80. The van der Waals surface area contributed by atoms with E-state index in [1.54, 1.807) is 11.3 Å². The highest BCUT2D eigenvalue weighted by Crippen LogP contribution is 2.27. The third-order valence-electron chi connectivity index (χ3n) is 2.81. The first kappa shape index (κ1) is 14.4. The van der Waals surface area contributed by atoms with Gasteiger partial charge in [0.1, 0.15) is 6.54 Å². The molecule has 96 valence electrons. The maximum Gasteiger partial charge on any atom is 0.319 e. The molecule has 1 aliphatic rings. The lowest BCUT2D eigenvalue weighted by Crippen LogP contribution is -3.00. The summed E-state index contributed by atoms with van der Waals surface area (Å²) in [7, 11) is 2.02. The Bertz CT molecular complexity index is 575. The minimum absolute atomic E-state index is 0. The van der Waals surface area contributed by atoms with E-state index in [9.17, 15) is 0 Å². The van der Waals surface area contributed by atoms with E-state index in [2.05, 4.69) is 38.8 Å². The maximum atomic E-state index is 6.35. The van der Waals surface area contributed by atoms with Crippen molar-refractivity contribution >= 4 is 46.9 Å². The molecule has 2 aromatic heterocycles. The van der Waals surface area contributed by atoms with Gasteiger partial charge in [0.15, 0.2) is 5.69 Å². The summed E-state index contributed by atoms with van der Waals surface area (Å²) in [5.74, 6) is 1.14. The molecule has 0 N–H and O–H groups in total. The van der Waals surface area contributed by atoms with Crippen molar-refractivity contribution in [2.24, 2.45) is 7.05 Å². The molecule has 6 heteroatoms. The van der Waals surface area contributed by atoms with Crippen LogP contribution in [0.25, 0.3) is 12.2 Å². The number of aromatic nitrogens is 2. The standard InChI is InChI=1S/C12H12ClN2S2.HI/c1-14-11(13)10(15-6-8-17-12(14)15)5-4-9-3-2-7-16-9;/h2-5,7H,6,8H2,1H3;1H/q+1;/p-1/b5-4-;. The van der Waals surface area contributed by atoms with Crippen LogP contribution in [0.2, 0.25) is 5.15 Å². The second-order valence-corrected chi connectivity index (χ2v) is 6.27. The third kappa shape index (κ3) is 2.50. The van der Waals surface area contributed by atoms with Gasteiger partial charge in [-0.25, -0.2) is 9.13 Å². The van der Waals surface area contributed by atoms with E-state index in [-0.39, 0.29) is 24.0 Å². The van der Waals surface area contributed by atoms with Crippen molar-refractivity contribution in [3.63, 3.8) is 0 Å². The van der Waals surface area contributed by atoms with Crippen LogP contribution in [0, 0.1) is 0 Å². The summed E-state index contributed by atoms with van der Waals surface area (Å²) < 4.78 is 4.35. The predicted octanol–water partition coefficient (Wildman–Crippen LogP) is 0.308. The van der Waals surface area contributed by atoms with E-state index >= 15 is 0 Å². The molecule has 0 bridgehead atoms. The molecule has 0 spiro atoms. The first-order valence-corrected chi connectivity index (χ1v) is 7.64. The first-order chi connectivity index (χ1) is 8.27. The second kappa shape index (κ2) is 5.98. The highest BCUT2D eigenvalue weighted by atomic mass is 127. The van der Waals surface area contributed by atoms with Crippen LogP contribution in [0.15, 0.2) is 22.7 Å². The Labute approximate surface area is 137 Å². The monoisotopic (exact) mass is 410 g/mol. The van der Waals surface area contributed by atoms with Crippen molar-refractivity contribution in [1.82, 2.24) is 4.57 Å². The van der Waals surface area contributed by atoms with Gasteiger partial charge in [-0.2, -0.15) is 0 Å². The Morgan fingerprint density at radius 3 is 3.00 bits per heavy atom. The van der Waals surface area contributed by atoms with Crippen LogP contribution in [0.4, 0.5) is 0 Å². The average Bonchev–Trinajstić information content (AvgIpc) is 3.00. The fourth-order valence-corrected chi connectivity index (χ4v) is 3.98. The van der Waals surface area contributed by atoms with Gasteiger partial charge in [-0.1, -0.05) is 6.07 Å². The van der Waals surface area contributed by atoms with E-state index in [0.29, 0.717) is 0 Å². The zero-order chi connectivity index (χ0) is 11.8. The van der Waals surface area contributed by atoms with Crippen molar-refractivity contribution in [2.45, 2.75) is 11.7 Å². The first-order valence-electron chi connectivity index (χ1n) is 5.40. The van der Waals surface area contributed by atoms with Gasteiger partial charge in [0, 0.05) is 10.6 Å². The highest BCUT2D eigenvalue weighted by molar-refractivity contribution is 7.99. The molecule has 3 rings (SSSR count). The highest BCUT2D eigenvalue weighted by Gasteiger charge is 2.30. The van der Waals surface area contributed by atoms with Gasteiger partial charge in [-0.05, 0) is 47.0 Å². The van der Waals surface area contributed by atoms with Crippen LogP contribution < -0.4 is 28.5 Å². The SMILES string of the molecule is Cn1c(Cl)c(/C=C\c2cccs2)[n+]2c1SCC2.[I-]. The molecule has 0 saturated heterocycles. The number of imidazole rings is 1. The van der Waals surface area contributed by atoms with E-state index < -0.39 is 0 Å². The Morgan fingerprint density at radius 2 is 2.28 bits per heavy atom. The van der Waals surface area contributed by atoms with Crippen LogP contribution in [0.5, 0.6) is 0 Å². The zero-order valence-electron chi connectivity index (χ0n) is 9.77. The molecule has 0 atom stereocenters. The third-order valence-corrected chi connectivity index (χ3v) is 5.23. The van der Waals surface area contributed by atoms with Gasteiger partial charge in [0.25, 0.3) is 0 Å². The lowest BCUT2D eigenvalue weighted by Gasteiger charge is -1.90. The normalized spacial score (nSPS) is 13.9. The molecule has 0 saturated carbocycles. The summed E-state index contributed by atoms with van der Waals surface area (Å²) in [6.07, 6.45) is 4.24. The summed E-state index contributed by atoms with van der Waals surface area (Å²) >= 11 is 9.95. The summed E-state index contributed by atoms with van der Waals surface area (Å²) in [5.41, 5.74) is 1.11. The smallest absolute Gasteiger partial charge is 0.319 e. The summed E-state index contributed by atoms with van der Waals surface area (Å²) in [5, 5.41) is 4.15. The van der Waals surface area contributed by atoms with Gasteiger partial charge in [-0.3, -0.25) is 0 Å². The zero-order valence-corrected chi connectivity index (χ0v) is 14.3. The molecule has 2 nitrogen and oxygen atoms in total. The van der Waals surface area contributed by atoms with Crippen molar-refractivity contribution in [2.75, 3.05) is 5.75 Å². The fourth-order valence-electron chi connectivity index (χ4n) is 1.98.